The Hall–Kier alpha value is -2.43. The molecule has 0 saturated carbocycles. The minimum Gasteiger partial charge on any atom is -0.311 e. The lowest BCUT2D eigenvalue weighted by atomic mass is 10.1. The van der Waals surface area contributed by atoms with E-state index in [1.165, 1.54) is 23.6 Å². The van der Waals surface area contributed by atoms with Gasteiger partial charge in [-0.3, -0.25) is 14.9 Å². The average molecular weight is 244 g/mol. The van der Waals surface area contributed by atoms with E-state index in [-0.39, 0.29) is 11.3 Å². The van der Waals surface area contributed by atoms with Crippen molar-refractivity contribution in [1.82, 2.24) is 4.57 Å². The van der Waals surface area contributed by atoms with Gasteiger partial charge in [0.1, 0.15) is 0 Å². The van der Waals surface area contributed by atoms with Crippen molar-refractivity contribution in [2.24, 2.45) is 7.05 Å². The third-order valence-electron chi connectivity index (χ3n) is 2.84. The molecule has 0 fully saturated rings. The van der Waals surface area contributed by atoms with Gasteiger partial charge in [0.25, 0.3) is 5.56 Å². The van der Waals surface area contributed by atoms with Gasteiger partial charge in [-0.15, -0.1) is 0 Å². The van der Waals surface area contributed by atoms with Crippen LogP contribution in [0.2, 0.25) is 0 Å². The highest BCUT2D eigenvalue weighted by Crippen LogP contribution is 2.18. The largest absolute Gasteiger partial charge is 0.311 e. The molecule has 92 valence electrons. The molecule has 5 nitrogen and oxygen atoms in total. The highest BCUT2D eigenvalue weighted by Gasteiger charge is 2.08. The maximum absolute atomic E-state index is 11.8. The SMILES string of the molecule is C/C(=C/c1cc(=O)n(C)c2ccccc12)[N+](=O)[O-]. The van der Waals surface area contributed by atoms with Gasteiger partial charge in [-0.25, -0.2) is 0 Å². The number of nitrogens with zero attached hydrogens (tertiary/aromatic N) is 2. The number of aryl methyl sites for hydroxylation is 1. The van der Waals surface area contributed by atoms with Gasteiger partial charge >= 0.3 is 0 Å². The number of para-hydroxylation sites is 1. The minimum atomic E-state index is -0.466. The van der Waals surface area contributed by atoms with Crippen LogP contribution in [0.1, 0.15) is 12.5 Å². The molecule has 0 aliphatic heterocycles. The van der Waals surface area contributed by atoms with Crippen LogP contribution >= 0.6 is 0 Å². The minimum absolute atomic E-state index is 0.00778. The zero-order valence-electron chi connectivity index (χ0n) is 10.1. The Balaban J connectivity index is 2.80. The van der Waals surface area contributed by atoms with Crippen LogP contribution < -0.4 is 5.56 Å². The summed E-state index contributed by atoms with van der Waals surface area (Å²) in [6, 6.07) is 8.74. The zero-order chi connectivity index (χ0) is 13.3. The summed E-state index contributed by atoms with van der Waals surface area (Å²) in [6.45, 7) is 1.41. The fourth-order valence-electron chi connectivity index (χ4n) is 1.83. The second kappa shape index (κ2) is 4.44. The zero-order valence-corrected chi connectivity index (χ0v) is 10.1. The van der Waals surface area contributed by atoms with E-state index in [4.69, 9.17) is 0 Å². The molecule has 0 radical (unpaired) electrons. The summed E-state index contributed by atoms with van der Waals surface area (Å²) in [6.07, 6.45) is 1.42. The number of hydrogen-bond donors (Lipinski definition) is 0. The molecule has 0 aliphatic carbocycles. The van der Waals surface area contributed by atoms with Crippen LogP contribution in [0.3, 0.4) is 0 Å². The predicted molar refractivity (Wildman–Crippen MR) is 69.8 cm³/mol. The lowest BCUT2D eigenvalue weighted by molar-refractivity contribution is -0.422. The van der Waals surface area contributed by atoms with Gasteiger partial charge in [0.15, 0.2) is 0 Å². The van der Waals surface area contributed by atoms with Gasteiger partial charge in [-0.1, -0.05) is 18.2 Å². The number of benzene rings is 1. The number of rotatable bonds is 2. The molecule has 0 aliphatic rings. The number of fused-ring (bicyclic) bond motifs is 1. The second-order valence-corrected chi connectivity index (χ2v) is 4.06. The van der Waals surface area contributed by atoms with Crippen molar-refractivity contribution in [1.29, 1.82) is 0 Å². The highest BCUT2D eigenvalue weighted by molar-refractivity contribution is 5.88. The van der Waals surface area contributed by atoms with Gasteiger partial charge in [-0.05, 0) is 11.6 Å². The van der Waals surface area contributed by atoms with Crippen LogP contribution in [0.5, 0.6) is 0 Å². The smallest absolute Gasteiger partial charge is 0.251 e. The predicted octanol–water partition coefficient (Wildman–Crippen LogP) is 2.18. The van der Waals surface area contributed by atoms with E-state index < -0.39 is 4.92 Å². The molecule has 0 spiro atoms. The van der Waals surface area contributed by atoms with E-state index in [1.807, 2.05) is 24.3 Å². The van der Waals surface area contributed by atoms with Gasteiger partial charge < -0.3 is 4.57 Å². The Bertz CT molecular complexity index is 714. The molecule has 0 N–H and O–H groups in total. The Morgan fingerprint density at radius 3 is 2.72 bits per heavy atom. The fourth-order valence-corrected chi connectivity index (χ4v) is 1.83. The summed E-state index contributed by atoms with van der Waals surface area (Å²) in [5.74, 6) is 0. The van der Waals surface area contributed by atoms with Crippen molar-refractivity contribution >= 4 is 17.0 Å². The lowest BCUT2D eigenvalue weighted by Crippen LogP contribution is -2.16. The average Bonchev–Trinajstić information content (AvgIpc) is 2.35. The molecule has 2 rings (SSSR count). The highest BCUT2D eigenvalue weighted by atomic mass is 16.6. The first-order valence-corrected chi connectivity index (χ1v) is 5.42. The quantitative estimate of drug-likeness (QED) is 0.600. The molecule has 0 bridgehead atoms. The maximum Gasteiger partial charge on any atom is 0.251 e. The van der Waals surface area contributed by atoms with Gasteiger partial charge in [0, 0.05) is 31.5 Å². The standard InChI is InChI=1S/C13H12N2O3/c1-9(15(17)18)7-10-8-13(16)14(2)12-6-4-3-5-11(10)12/h3-8H,1-2H3/b9-7-. The third kappa shape index (κ3) is 2.02. The van der Waals surface area contributed by atoms with E-state index >= 15 is 0 Å². The van der Waals surface area contributed by atoms with Gasteiger partial charge in [0.05, 0.1) is 10.4 Å². The molecule has 0 amide bonds. The van der Waals surface area contributed by atoms with Crippen molar-refractivity contribution in [3.63, 3.8) is 0 Å². The van der Waals surface area contributed by atoms with Crippen LogP contribution in [0.4, 0.5) is 0 Å². The monoisotopic (exact) mass is 244 g/mol. The fraction of sp³-hybridized carbons (Fsp3) is 0.154. The Kier molecular flexibility index (Phi) is 2.97. The first kappa shape index (κ1) is 12.0. The summed E-state index contributed by atoms with van der Waals surface area (Å²) in [5, 5.41) is 11.5. The van der Waals surface area contributed by atoms with Crippen LogP contribution in [0, 0.1) is 10.1 Å². The van der Waals surface area contributed by atoms with Crippen LogP contribution in [0.15, 0.2) is 40.8 Å². The van der Waals surface area contributed by atoms with E-state index in [2.05, 4.69) is 0 Å². The molecule has 1 heterocycles. The Morgan fingerprint density at radius 1 is 1.39 bits per heavy atom. The van der Waals surface area contributed by atoms with Gasteiger partial charge in [0.2, 0.25) is 5.70 Å². The summed E-state index contributed by atoms with van der Waals surface area (Å²) >= 11 is 0. The molecule has 5 heteroatoms. The summed E-state index contributed by atoms with van der Waals surface area (Å²) < 4.78 is 1.52. The van der Waals surface area contributed by atoms with Crippen molar-refractivity contribution in [3.05, 3.63) is 62.1 Å². The summed E-state index contributed by atoms with van der Waals surface area (Å²) in [4.78, 5) is 21.9. The maximum atomic E-state index is 11.8. The normalized spacial score (nSPS) is 11.8. The van der Waals surface area contributed by atoms with Crippen molar-refractivity contribution in [2.45, 2.75) is 6.92 Å². The number of aromatic nitrogens is 1. The van der Waals surface area contributed by atoms with Crippen LogP contribution in [0.25, 0.3) is 17.0 Å². The van der Waals surface area contributed by atoms with Crippen LogP contribution in [-0.4, -0.2) is 9.49 Å². The second-order valence-electron chi connectivity index (χ2n) is 4.06. The number of nitro groups is 1. The van der Waals surface area contributed by atoms with Crippen molar-refractivity contribution in [2.75, 3.05) is 0 Å². The molecule has 0 saturated heterocycles. The Morgan fingerprint density at radius 2 is 2.06 bits per heavy atom. The molecule has 0 atom stereocenters. The lowest BCUT2D eigenvalue weighted by Gasteiger charge is -2.06. The number of hydrogen-bond acceptors (Lipinski definition) is 3. The summed E-state index contributed by atoms with van der Waals surface area (Å²) in [5.41, 5.74) is 1.15. The van der Waals surface area contributed by atoms with Gasteiger partial charge in [-0.2, -0.15) is 0 Å². The molecule has 1 aromatic carbocycles. The van der Waals surface area contributed by atoms with E-state index in [0.29, 0.717) is 5.56 Å². The first-order valence-electron chi connectivity index (χ1n) is 5.42. The summed E-state index contributed by atoms with van der Waals surface area (Å²) in [7, 11) is 1.68. The third-order valence-corrected chi connectivity index (χ3v) is 2.84. The number of allylic oxidation sites excluding steroid dienone is 1. The van der Waals surface area contributed by atoms with E-state index in [9.17, 15) is 14.9 Å². The Labute approximate surface area is 103 Å². The first-order chi connectivity index (χ1) is 8.50. The van der Waals surface area contributed by atoms with E-state index in [1.54, 1.807) is 7.05 Å². The van der Waals surface area contributed by atoms with Crippen molar-refractivity contribution < 1.29 is 4.92 Å². The van der Waals surface area contributed by atoms with E-state index in [0.717, 1.165) is 10.9 Å². The molecular weight excluding hydrogens is 232 g/mol. The molecule has 1 aromatic heterocycles. The molecule has 18 heavy (non-hydrogen) atoms. The topological polar surface area (TPSA) is 65.1 Å². The van der Waals surface area contributed by atoms with Crippen molar-refractivity contribution in [3.8, 4) is 0 Å². The van der Waals surface area contributed by atoms with Crippen LogP contribution in [-0.2, 0) is 7.05 Å². The molecule has 2 aromatic rings. The molecule has 0 unspecified atom stereocenters. The number of pyridine rings is 1. The molecular formula is C13H12N2O3.